The first-order chi connectivity index (χ1) is 6.50. The van der Waals surface area contributed by atoms with Crippen LogP contribution < -0.4 is 11.2 Å². The molecule has 0 aliphatic carbocycles. The summed E-state index contributed by atoms with van der Waals surface area (Å²) in [7, 11) is 3.55. The number of anilines is 2. The van der Waals surface area contributed by atoms with Crippen LogP contribution >= 0.6 is 0 Å². The Morgan fingerprint density at radius 3 is 2.64 bits per heavy atom. The number of carboxylic acids is 1. The molecule has 0 saturated carbocycles. The predicted octanol–water partition coefficient (Wildman–Crippen LogP) is 0.856. The molecule has 1 aromatic carbocycles. The number of nitrogen functional groups attached to an aromatic ring is 1. The molecule has 0 saturated heterocycles. The Balaban J connectivity index is 3.09. The number of hydrogen-bond acceptors (Lipinski definition) is 4. The fourth-order valence-electron chi connectivity index (χ4n) is 1.08. The van der Waals surface area contributed by atoms with Crippen LogP contribution in [0.2, 0.25) is 0 Å². The summed E-state index contributed by atoms with van der Waals surface area (Å²) in [5.41, 5.74) is 9.64. The molecule has 0 aliphatic rings. The largest absolute Gasteiger partial charge is 0.478 e. The van der Waals surface area contributed by atoms with Gasteiger partial charge in [0, 0.05) is 19.8 Å². The molecule has 0 spiro atoms. The summed E-state index contributed by atoms with van der Waals surface area (Å²) in [4.78, 5) is 10.8. The van der Waals surface area contributed by atoms with Gasteiger partial charge in [-0.25, -0.2) is 9.80 Å². The zero-order valence-corrected chi connectivity index (χ0v) is 8.11. The molecule has 5 heteroatoms. The molecule has 14 heavy (non-hydrogen) atoms. The molecule has 0 heterocycles. The van der Waals surface area contributed by atoms with Crippen molar-refractivity contribution in [2.45, 2.75) is 0 Å². The van der Waals surface area contributed by atoms with Gasteiger partial charge < -0.3 is 16.3 Å². The van der Waals surface area contributed by atoms with E-state index in [0.717, 1.165) is 0 Å². The zero-order chi connectivity index (χ0) is 10.7. The number of benzene rings is 1. The molecular weight excluding hydrogens is 182 g/mol. The van der Waals surface area contributed by atoms with Gasteiger partial charge in [0.1, 0.15) is 0 Å². The van der Waals surface area contributed by atoms with Crippen molar-refractivity contribution in [2.75, 3.05) is 25.3 Å². The highest BCUT2D eigenvalue weighted by Crippen LogP contribution is 2.19. The van der Waals surface area contributed by atoms with Gasteiger partial charge in [-0.05, 0) is 18.2 Å². The summed E-state index contributed by atoms with van der Waals surface area (Å²) in [6.45, 7) is 0. The SMILES string of the molecule is CN(C)Nc1cc(N)ccc1C(=O)O. The predicted molar refractivity (Wildman–Crippen MR) is 55.1 cm³/mol. The third kappa shape index (κ3) is 2.37. The molecule has 76 valence electrons. The highest BCUT2D eigenvalue weighted by molar-refractivity contribution is 5.94. The number of aromatic carboxylic acids is 1. The average molecular weight is 195 g/mol. The summed E-state index contributed by atoms with van der Waals surface area (Å²) >= 11 is 0. The van der Waals surface area contributed by atoms with E-state index in [9.17, 15) is 4.79 Å². The van der Waals surface area contributed by atoms with Crippen LogP contribution in [0.4, 0.5) is 11.4 Å². The Morgan fingerprint density at radius 1 is 1.50 bits per heavy atom. The van der Waals surface area contributed by atoms with Crippen molar-refractivity contribution >= 4 is 17.3 Å². The van der Waals surface area contributed by atoms with E-state index in [4.69, 9.17) is 10.8 Å². The maximum absolute atomic E-state index is 10.8. The van der Waals surface area contributed by atoms with Gasteiger partial charge >= 0.3 is 5.97 Å². The maximum Gasteiger partial charge on any atom is 0.337 e. The maximum atomic E-state index is 10.8. The van der Waals surface area contributed by atoms with E-state index in [-0.39, 0.29) is 5.56 Å². The van der Waals surface area contributed by atoms with Crippen LogP contribution in [0.25, 0.3) is 0 Å². The van der Waals surface area contributed by atoms with E-state index in [1.165, 1.54) is 6.07 Å². The standard InChI is InChI=1S/C9H13N3O2/c1-12(2)11-8-5-6(10)3-4-7(8)9(13)14/h3-5,11H,10H2,1-2H3,(H,13,14). The van der Waals surface area contributed by atoms with Gasteiger partial charge in [0.2, 0.25) is 0 Å². The van der Waals surface area contributed by atoms with E-state index < -0.39 is 5.97 Å². The number of hydrazine groups is 1. The number of nitrogens with two attached hydrogens (primary N) is 1. The summed E-state index contributed by atoms with van der Waals surface area (Å²) in [6.07, 6.45) is 0. The topological polar surface area (TPSA) is 78.6 Å². The number of hydrogen-bond donors (Lipinski definition) is 3. The third-order valence-corrected chi connectivity index (χ3v) is 1.62. The van der Waals surface area contributed by atoms with Gasteiger partial charge in [-0.3, -0.25) is 0 Å². The Kier molecular flexibility index (Phi) is 2.93. The van der Waals surface area contributed by atoms with E-state index in [2.05, 4.69) is 5.43 Å². The van der Waals surface area contributed by atoms with Gasteiger partial charge in [0.25, 0.3) is 0 Å². The fourth-order valence-corrected chi connectivity index (χ4v) is 1.08. The second-order valence-corrected chi connectivity index (χ2v) is 3.12. The van der Waals surface area contributed by atoms with Crippen molar-refractivity contribution in [2.24, 2.45) is 0 Å². The molecule has 0 bridgehead atoms. The Morgan fingerprint density at radius 2 is 2.14 bits per heavy atom. The second kappa shape index (κ2) is 3.97. The molecule has 1 rings (SSSR count). The second-order valence-electron chi connectivity index (χ2n) is 3.12. The first kappa shape index (κ1) is 10.3. The van der Waals surface area contributed by atoms with Crippen molar-refractivity contribution in [3.8, 4) is 0 Å². The minimum absolute atomic E-state index is 0.202. The minimum atomic E-state index is -0.977. The number of nitrogens with zero attached hydrogens (tertiary/aromatic N) is 1. The van der Waals surface area contributed by atoms with Crippen LogP contribution in [0, 0.1) is 0 Å². The quantitative estimate of drug-likeness (QED) is 0.492. The molecule has 4 N–H and O–H groups in total. The molecule has 0 aliphatic heterocycles. The molecule has 1 aromatic rings. The normalized spacial score (nSPS) is 10.2. The molecule has 0 unspecified atom stereocenters. The first-order valence-electron chi connectivity index (χ1n) is 4.07. The Labute approximate surface area is 82.1 Å². The van der Waals surface area contributed by atoms with Crippen molar-refractivity contribution in [1.29, 1.82) is 0 Å². The van der Waals surface area contributed by atoms with Gasteiger partial charge in [-0.15, -0.1) is 0 Å². The van der Waals surface area contributed by atoms with Gasteiger partial charge in [-0.1, -0.05) is 0 Å². The number of nitrogens with one attached hydrogen (secondary N) is 1. The monoisotopic (exact) mass is 195 g/mol. The van der Waals surface area contributed by atoms with Gasteiger partial charge in [0.15, 0.2) is 0 Å². The lowest BCUT2D eigenvalue weighted by Gasteiger charge is -2.15. The highest BCUT2D eigenvalue weighted by Gasteiger charge is 2.09. The van der Waals surface area contributed by atoms with Crippen molar-refractivity contribution in [3.05, 3.63) is 23.8 Å². The summed E-state index contributed by atoms with van der Waals surface area (Å²) in [5, 5.41) is 10.5. The van der Waals surface area contributed by atoms with E-state index in [0.29, 0.717) is 11.4 Å². The Hall–Kier alpha value is -1.75. The summed E-state index contributed by atoms with van der Waals surface area (Å²) < 4.78 is 0. The summed E-state index contributed by atoms with van der Waals surface area (Å²) in [6, 6.07) is 4.62. The van der Waals surface area contributed by atoms with E-state index in [1.807, 2.05) is 0 Å². The van der Waals surface area contributed by atoms with Gasteiger partial charge in [0.05, 0.1) is 11.3 Å². The number of carboxylic acid groups (broad SMARTS) is 1. The molecule has 0 atom stereocenters. The van der Waals surface area contributed by atoms with Crippen molar-refractivity contribution in [3.63, 3.8) is 0 Å². The molecule has 0 aromatic heterocycles. The molecule has 5 nitrogen and oxygen atoms in total. The van der Waals surface area contributed by atoms with E-state index in [1.54, 1.807) is 31.2 Å². The minimum Gasteiger partial charge on any atom is -0.478 e. The van der Waals surface area contributed by atoms with Gasteiger partial charge in [-0.2, -0.15) is 0 Å². The highest BCUT2D eigenvalue weighted by atomic mass is 16.4. The van der Waals surface area contributed by atoms with Crippen molar-refractivity contribution < 1.29 is 9.90 Å². The van der Waals surface area contributed by atoms with Crippen LogP contribution in [0.3, 0.4) is 0 Å². The molecule has 0 radical (unpaired) electrons. The smallest absolute Gasteiger partial charge is 0.337 e. The Bertz CT molecular complexity index is 350. The van der Waals surface area contributed by atoms with Crippen LogP contribution in [-0.2, 0) is 0 Å². The molecule has 0 fully saturated rings. The lowest BCUT2D eigenvalue weighted by Crippen LogP contribution is -2.21. The number of carbonyl (C=O) groups is 1. The zero-order valence-electron chi connectivity index (χ0n) is 8.11. The third-order valence-electron chi connectivity index (χ3n) is 1.62. The molecule has 0 amide bonds. The fraction of sp³-hybridized carbons (Fsp3) is 0.222. The first-order valence-corrected chi connectivity index (χ1v) is 4.07. The summed E-state index contributed by atoms with van der Waals surface area (Å²) in [5.74, 6) is -0.977. The van der Waals surface area contributed by atoms with Crippen LogP contribution in [-0.4, -0.2) is 30.2 Å². The van der Waals surface area contributed by atoms with E-state index >= 15 is 0 Å². The molecular formula is C9H13N3O2. The van der Waals surface area contributed by atoms with Crippen LogP contribution in [0.1, 0.15) is 10.4 Å². The van der Waals surface area contributed by atoms with Crippen LogP contribution in [0.5, 0.6) is 0 Å². The average Bonchev–Trinajstić information content (AvgIpc) is 2.01. The van der Waals surface area contributed by atoms with Crippen LogP contribution in [0.15, 0.2) is 18.2 Å². The van der Waals surface area contributed by atoms with Crippen molar-refractivity contribution in [1.82, 2.24) is 5.01 Å². The lowest BCUT2D eigenvalue weighted by atomic mass is 10.1. The lowest BCUT2D eigenvalue weighted by molar-refractivity contribution is 0.0697. The number of rotatable bonds is 3.